The first kappa shape index (κ1) is 15.6. The Labute approximate surface area is 114 Å². The minimum Gasteiger partial charge on any atom is -0.326 e. The van der Waals surface area contributed by atoms with Crippen LogP contribution in [0.15, 0.2) is 18.2 Å². The first-order chi connectivity index (χ1) is 9.17. The Morgan fingerprint density at radius 2 is 2.00 bits per heavy atom. The lowest BCUT2D eigenvalue weighted by molar-refractivity contribution is -0.116. The van der Waals surface area contributed by atoms with E-state index in [0.29, 0.717) is 17.7 Å². The molecule has 0 aliphatic heterocycles. The molecule has 0 heterocycles. The van der Waals surface area contributed by atoms with Crippen LogP contribution in [0.3, 0.4) is 0 Å². The molecule has 1 aromatic carbocycles. The fourth-order valence-electron chi connectivity index (χ4n) is 1.92. The molecule has 0 bridgehead atoms. The molecular formula is C15H23FN2O. The van der Waals surface area contributed by atoms with Crippen LogP contribution < -0.4 is 11.1 Å². The average molecular weight is 266 g/mol. The van der Waals surface area contributed by atoms with Gasteiger partial charge in [0.05, 0.1) is 0 Å². The summed E-state index contributed by atoms with van der Waals surface area (Å²) in [5, 5.41) is 2.77. The summed E-state index contributed by atoms with van der Waals surface area (Å²) in [6.45, 7) is 2.29. The van der Waals surface area contributed by atoms with Crippen molar-refractivity contribution in [3.8, 4) is 0 Å². The van der Waals surface area contributed by atoms with Gasteiger partial charge in [-0.25, -0.2) is 4.39 Å². The van der Waals surface area contributed by atoms with Crippen molar-refractivity contribution >= 4 is 11.6 Å². The molecule has 4 heteroatoms. The Hall–Kier alpha value is -1.42. The molecule has 1 rings (SSSR count). The van der Waals surface area contributed by atoms with Gasteiger partial charge in [0, 0.05) is 24.2 Å². The van der Waals surface area contributed by atoms with Crippen LogP contribution in [0.1, 0.15) is 51.0 Å². The van der Waals surface area contributed by atoms with E-state index in [1.165, 1.54) is 25.3 Å². The van der Waals surface area contributed by atoms with Crippen LogP contribution in [-0.2, 0) is 11.3 Å². The van der Waals surface area contributed by atoms with Crippen LogP contribution in [-0.4, -0.2) is 5.91 Å². The number of carbonyl (C=O) groups is 1. The van der Waals surface area contributed by atoms with Crippen LogP contribution >= 0.6 is 0 Å². The van der Waals surface area contributed by atoms with E-state index in [0.717, 1.165) is 12.8 Å². The molecule has 0 unspecified atom stereocenters. The molecule has 0 aliphatic rings. The third kappa shape index (κ3) is 5.83. The Morgan fingerprint density at radius 3 is 2.68 bits per heavy atom. The fraction of sp³-hybridized carbons (Fsp3) is 0.533. The number of anilines is 1. The molecule has 0 saturated heterocycles. The lowest BCUT2D eigenvalue weighted by Gasteiger charge is -2.07. The maximum absolute atomic E-state index is 13.2. The van der Waals surface area contributed by atoms with Crippen molar-refractivity contribution in [1.29, 1.82) is 0 Å². The quantitative estimate of drug-likeness (QED) is 0.706. The van der Waals surface area contributed by atoms with E-state index >= 15 is 0 Å². The van der Waals surface area contributed by atoms with Gasteiger partial charge in [0.15, 0.2) is 0 Å². The topological polar surface area (TPSA) is 55.1 Å². The molecule has 0 aliphatic carbocycles. The van der Waals surface area contributed by atoms with Crippen LogP contribution in [0, 0.1) is 5.82 Å². The smallest absolute Gasteiger partial charge is 0.224 e. The first-order valence-electron chi connectivity index (χ1n) is 6.95. The number of benzene rings is 1. The number of nitrogens with two attached hydrogens (primary N) is 1. The van der Waals surface area contributed by atoms with Crippen molar-refractivity contribution in [3.05, 3.63) is 29.6 Å². The van der Waals surface area contributed by atoms with Crippen molar-refractivity contribution in [2.24, 2.45) is 5.73 Å². The number of hydrogen-bond acceptors (Lipinski definition) is 2. The third-order valence-corrected chi connectivity index (χ3v) is 3.06. The molecule has 1 amide bonds. The highest BCUT2D eigenvalue weighted by atomic mass is 19.1. The second-order valence-electron chi connectivity index (χ2n) is 4.72. The van der Waals surface area contributed by atoms with Gasteiger partial charge >= 0.3 is 0 Å². The Balaban J connectivity index is 2.35. The number of halogens is 1. The van der Waals surface area contributed by atoms with Gasteiger partial charge in [-0.3, -0.25) is 4.79 Å². The first-order valence-corrected chi connectivity index (χ1v) is 6.95. The lowest BCUT2D eigenvalue weighted by Crippen LogP contribution is -2.12. The lowest BCUT2D eigenvalue weighted by atomic mass is 10.1. The highest BCUT2D eigenvalue weighted by Gasteiger charge is 2.05. The second kappa shape index (κ2) is 8.64. The highest BCUT2D eigenvalue weighted by Crippen LogP contribution is 2.15. The number of carbonyl (C=O) groups excluding carboxylic acids is 1. The maximum atomic E-state index is 13.2. The summed E-state index contributed by atoms with van der Waals surface area (Å²) in [7, 11) is 0. The van der Waals surface area contributed by atoms with Crippen LogP contribution in [0.2, 0.25) is 0 Å². The van der Waals surface area contributed by atoms with Gasteiger partial charge in [-0.15, -0.1) is 0 Å². The summed E-state index contributed by atoms with van der Waals surface area (Å²) < 4.78 is 13.2. The van der Waals surface area contributed by atoms with E-state index in [2.05, 4.69) is 12.2 Å². The van der Waals surface area contributed by atoms with Gasteiger partial charge in [-0.2, -0.15) is 0 Å². The SMILES string of the molecule is CCCCCCCC(=O)Nc1ccc(F)c(CN)c1. The van der Waals surface area contributed by atoms with Crippen LogP contribution in [0.5, 0.6) is 0 Å². The van der Waals surface area contributed by atoms with Gasteiger partial charge < -0.3 is 11.1 Å². The summed E-state index contributed by atoms with van der Waals surface area (Å²) in [6, 6.07) is 4.48. The molecule has 0 saturated carbocycles. The van der Waals surface area contributed by atoms with Crippen LogP contribution in [0.4, 0.5) is 10.1 Å². The number of nitrogens with one attached hydrogen (secondary N) is 1. The van der Waals surface area contributed by atoms with E-state index < -0.39 is 0 Å². The minimum absolute atomic E-state index is 0.0221. The van der Waals surface area contributed by atoms with E-state index in [1.807, 2.05) is 0 Å². The Kier molecular flexibility index (Phi) is 7.11. The van der Waals surface area contributed by atoms with E-state index in [4.69, 9.17) is 5.73 Å². The minimum atomic E-state index is -0.333. The van der Waals surface area contributed by atoms with E-state index in [9.17, 15) is 9.18 Å². The summed E-state index contributed by atoms with van der Waals surface area (Å²) in [4.78, 5) is 11.7. The standard InChI is InChI=1S/C15H23FN2O/c1-2-3-4-5-6-7-15(19)18-13-8-9-14(16)12(10-13)11-17/h8-10H,2-7,11,17H2,1H3,(H,18,19). The molecule has 0 fully saturated rings. The molecule has 0 radical (unpaired) electrons. The van der Waals surface area contributed by atoms with Crippen molar-refractivity contribution in [2.75, 3.05) is 5.32 Å². The number of unbranched alkanes of at least 4 members (excludes halogenated alkanes) is 4. The Morgan fingerprint density at radius 1 is 1.26 bits per heavy atom. The average Bonchev–Trinajstić information content (AvgIpc) is 2.40. The molecule has 19 heavy (non-hydrogen) atoms. The molecule has 0 spiro atoms. The molecule has 106 valence electrons. The fourth-order valence-corrected chi connectivity index (χ4v) is 1.92. The number of rotatable bonds is 8. The van der Waals surface area contributed by atoms with Crippen LogP contribution in [0.25, 0.3) is 0 Å². The van der Waals surface area contributed by atoms with Gasteiger partial charge in [-0.05, 0) is 24.6 Å². The van der Waals surface area contributed by atoms with E-state index in [1.54, 1.807) is 12.1 Å². The van der Waals surface area contributed by atoms with E-state index in [-0.39, 0.29) is 18.3 Å². The monoisotopic (exact) mass is 266 g/mol. The second-order valence-corrected chi connectivity index (χ2v) is 4.72. The number of amides is 1. The zero-order valence-electron chi connectivity index (χ0n) is 11.5. The molecule has 1 aromatic rings. The van der Waals surface area contributed by atoms with Crippen molar-refractivity contribution in [2.45, 2.75) is 52.0 Å². The maximum Gasteiger partial charge on any atom is 0.224 e. The van der Waals surface area contributed by atoms with Crippen molar-refractivity contribution in [3.63, 3.8) is 0 Å². The predicted molar refractivity (Wildman–Crippen MR) is 76.3 cm³/mol. The number of hydrogen-bond donors (Lipinski definition) is 2. The molecule has 3 N–H and O–H groups in total. The van der Waals surface area contributed by atoms with Gasteiger partial charge in [0.1, 0.15) is 5.82 Å². The van der Waals surface area contributed by atoms with Crippen molar-refractivity contribution < 1.29 is 9.18 Å². The van der Waals surface area contributed by atoms with Gasteiger partial charge in [0.2, 0.25) is 5.91 Å². The molecule has 0 aromatic heterocycles. The zero-order valence-corrected chi connectivity index (χ0v) is 11.5. The molecule has 0 atom stereocenters. The summed E-state index contributed by atoms with van der Waals surface area (Å²) in [6.07, 6.45) is 6.09. The summed E-state index contributed by atoms with van der Waals surface area (Å²) in [5.41, 5.74) is 6.45. The van der Waals surface area contributed by atoms with Crippen molar-refractivity contribution in [1.82, 2.24) is 0 Å². The summed E-state index contributed by atoms with van der Waals surface area (Å²) in [5.74, 6) is -0.355. The predicted octanol–water partition coefficient (Wildman–Crippen LogP) is 3.58. The Bertz CT molecular complexity index is 407. The largest absolute Gasteiger partial charge is 0.326 e. The normalized spacial score (nSPS) is 10.5. The van der Waals surface area contributed by atoms with Gasteiger partial charge in [-0.1, -0.05) is 32.6 Å². The highest BCUT2D eigenvalue weighted by molar-refractivity contribution is 5.90. The summed E-state index contributed by atoms with van der Waals surface area (Å²) >= 11 is 0. The zero-order chi connectivity index (χ0) is 14.1. The molecular weight excluding hydrogens is 243 g/mol. The molecule has 3 nitrogen and oxygen atoms in total. The third-order valence-electron chi connectivity index (χ3n) is 3.06. The van der Waals surface area contributed by atoms with Gasteiger partial charge in [0.25, 0.3) is 0 Å².